The maximum Gasteiger partial charge on any atom is 0.228 e. The predicted octanol–water partition coefficient (Wildman–Crippen LogP) is 4.50. The van der Waals surface area contributed by atoms with E-state index in [-0.39, 0.29) is 5.41 Å². The quantitative estimate of drug-likeness (QED) is 0.594. The summed E-state index contributed by atoms with van der Waals surface area (Å²) < 4.78 is 0. The second-order valence-corrected chi connectivity index (χ2v) is 9.88. The maximum absolute atomic E-state index is 13.6. The molecule has 2 saturated heterocycles. The van der Waals surface area contributed by atoms with E-state index < -0.39 is 0 Å². The summed E-state index contributed by atoms with van der Waals surface area (Å²) in [4.78, 5) is 31.2. The number of hydrogen-bond donors (Lipinski definition) is 0. The summed E-state index contributed by atoms with van der Waals surface area (Å²) in [6.45, 7) is 5.57. The first-order valence-electron chi connectivity index (χ1n) is 12.3. The first-order valence-corrected chi connectivity index (χ1v) is 12.3. The van der Waals surface area contributed by atoms with E-state index >= 15 is 0 Å². The van der Waals surface area contributed by atoms with Crippen molar-refractivity contribution in [1.82, 2.24) is 19.9 Å². The van der Waals surface area contributed by atoms with Crippen LogP contribution in [-0.2, 0) is 11.2 Å². The molecule has 172 valence electrons. The summed E-state index contributed by atoms with van der Waals surface area (Å²) >= 11 is 0. The number of carbonyl (C=O) groups is 1. The molecule has 0 radical (unpaired) electrons. The van der Waals surface area contributed by atoms with Gasteiger partial charge in [-0.3, -0.25) is 9.78 Å². The van der Waals surface area contributed by atoms with Gasteiger partial charge in [0, 0.05) is 55.6 Å². The third-order valence-corrected chi connectivity index (χ3v) is 7.60. The van der Waals surface area contributed by atoms with E-state index in [1.165, 1.54) is 17.4 Å². The van der Waals surface area contributed by atoms with Crippen LogP contribution in [0.2, 0.25) is 0 Å². The lowest BCUT2D eigenvalue weighted by Gasteiger charge is -2.41. The zero-order chi connectivity index (χ0) is 22.7. The molecule has 0 saturated carbocycles. The molecular weight excluding hydrogens is 410 g/mol. The standard InChI is InChI=1S/C27H33N5O/c1-27(11-18-32(19-12-27)26-29-14-5-15-30-26)25(33)31-16-4-6-21(10-17-31)20-22-7-2-9-24-23(22)8-3-13-28-24/h2-3,5,7-9,13-15,21H,4,6,10-12,16-20H2,1H3. The van der Waals surface area contributed by atoms with Gasteiger partial charge >= 0.3 is 0 Å². The fraction of sp³-hybridized carbons (Fsp3) is 0.481. The van der Waals surface area contributed by atoms with Crippen molar-refractivity contribution < 1.29 is 4.79 Å². The van der Waals surface area contributed by atoms with E-state index in [4.69, 9.17) is 0 Å². The van der Waals surface area contributed by atoms with Gasteiger partial charge < -0.3 is 9.80 Å². The van der Waals surface area contributed by atoms with Gasteiger partial charge in [0.1, 0.15) is 0 Å². The minimum absolute atomic E-state index is 0.285. The summed E-state index contributed by atoms with van der Waals surface area (Å²) in [6, 6.07) is 12.5. The number of hydrogen-bond acceptors (Lipinski definition) is 5. The Labute approximate surface area is 196 Å². The van der Waals surface area contributed by atoms with Crippen molar-refractivity contribution in [2.24, 2.45) is 11.3 Å². The van der Waals surface area contributed by atoms with Gasteiger partial charge in [-0.25, -0.2) is 9.97 Å². The molecule has 1 unspecified atom stereocenters. The van der Waals surface area contributed by atoms with Gasteiger partial charge in [-0.15, -0.1) is 0 Å². The van der Waals surface area contributed by atoms with E-state index in [2.05, 4.69) is 55.9 Å². The average molecular weight is 444 g/mol. The van der Waals surface area contributed by atoms with Crippen molar-refractivity contribution in [3.63, 3.8) is 0 Å². The Morgan fingerprint density at radius 2 is 1.73 bits per heavy atom. The molecule has 1 atom stereocenters. The van der Waals surface area contributed by atoms with Crippen molar-refractivity contribution in [3.05, 3.63) is 60.6 Å². The van der Waals surface area contributed by atoms with E-state index in [9.17, 15) is 4.79 Å². The minimum Gasteiger partial charge on any atom is -0.342 e. The van der Waals surface area contributed by atoms with Crippen LogP contribution in [0.4, 0.5) is 5.95 Å². The van der Waals surface area contributed by atoms with Crippen molar-refractivity contribution in [2.75, 3.05) is 31.1 Å². The van der Waals surface area contributed by atoms with Crippen LogP contribution in [0.5, 0.6) is 0 Å². The number of anilines is 1. The van der Waals surface area contributed by atoms with Crippen molar-refractivity contribution >= 4 is 22.8 Å². The highest BCUT2D eigenvalue weighted by Crippen LogP contribution is 2.35. The maximum atomic E-state index is 13.6. The number of benzene rings is 1. The van der Waals surface area contributed by atoms with Gasteiger partial charge in [0.25, 0.3) is 0 Å². The molecule has 2 aliphatic heterocycles. The van der Waals surface area contributed by atoms with Crippen LogP contribution >= 0.6 is 0 Å². The summed E-state index contributed by atoms with van der Waals surface area (Å²) in [6.07, 6.45) is 11.5. The molecule has 2 fully saturated rings. The second kappa shape index (κ2) is 9.46. The third kappa shape index (κ3) is 4.70. The Kier molecular flexibility index (Phi) is 6.25. The summed E-state index contributed by atoms with van der Waals surface area (Å²) in [5.41, 5.74) is 2.17. The lowest BCUT2D eigenvalue weighted by atomic mass is 9.79. The number of amides is 1. The van der Waals surface area contributed by atoms with Gasteiger partial charge in [0.15, 0.2) is 0 Å². The number of likely N-dealkylation sites (tertiary alicyclic amines) is 1. The lowest BCUT2D eigenvalue weighted by molar-refractivity contribution is -0.142. The van der Waals surface area contributed by atoms with E-state index in [0.29, 0.717) is 11.8 Å². The Bertz CT molecular complexity index is 1090. The molecule has 3 aromatic rings. The molecule has 0 N–H and O–H groups in total. The van der Waals surface area contributed by atoms with Crippen LogP contribution in [0, 0.1) is 11.3 Å². The highest BCUT2D eigenvalue weighted by molar-refractivity contribution is 5.83. The Balaban J connectivity index is 1.20. The number of pyridine rings is 1. The number of carbonyl (C=O) groups excluding carboxylic acids is 1. The molecule has 33 heavy (non-hydrogen) atoms. The molecule has 0 bridgehead atoms. The van der Waals surface area contributed by atoms with Crippen LogP contribution < -0.4 is 4.90 Å². The Morgan fingerprint density at radius 1 is 0.939 bits per heavy atom. The molecule has 6 nitrogen and oxygen atoms in total. The van der Waals surface area contributed by atoms with Gasteiger partial charge in [-0.05, 0) is 68.2 Å². The lowest BCUT2D eigenvalue weighted by Crippen LogP contribution is -2.49. The first kappa shape index (κ1) is 21.8. The fourth-order valence-corrected chi connectivity index (χ4v) is 5.48. The van der Waals surface area contributed by atoms with Crippen LogP contribution in [0.1, 0.15) is 44.6 Å². The monoisotopic (exact) mass is 443 g/mol. The first-order chi connectivity index (χ1) is 16.1. The average Bonchev–Trinajstić information content (AvgIpc) is 3.10. The van der Waals surface area contributed by atoms with Crippen LogP contribution in [0.25, 0.3) is 10.9 Å². The Hall–Kier alpha value is -3.02. The van der Waals surface area contributed by atoms with Gasteiger partial charge in [-0.1, -0.05) is 25.1 Å². The van der Waals surface area contributed by atoms with Crippen molar-refractivity contribution in [2.45, 2.75) is 45.4 Å². The number of rotatable bonds is 4. The molecule has 1 aromatic carbocycles. The molecule has 2 aromatic heterocycles. The number of piperidine rings is 1. The van der Waals surface area contributed by atoms with Gasteiger partial charge in [-0.2, -0.15) is 0 Å². The summed E-state index contributed by atoms with van der Waals surface area (Å²) in [7, 11) is 0. The third-order valence-electron chi connectivity index (χ3n) is 7.60. The molecule has 0 aliphatic carbocycles. The van der Waals surface area contributed by atoms with Crippen molar-refractivity contribution in [1.29, 1.82) is 0 Å². The zero-order valence-corrected chi connectivity index (χ0v) is 19.5. The topological polar surface area (TPSA) is 62.2 Å². The normalized spacial score (nSPS) is 21.1. The molecule has 2 aliphatic rings. The Morgan fingerprint density at radius 3 is 2.55 bits per heavy atom. The van der Waals surface area contributed by atoms with E-state index in [1.54, 1.807) is 12.4 Å². The minimum atomic E-state index is -0.285. The zero-order valence-electron chi connectivity index (χ0n) is 19.5. The SMILES string of the molecule is CC1(C(=O)N2CCCC(Cc3cccc4ncccc34)CC2)CCN(c2ncccn2)CC1. The second-order valence-electron chi connectivity index (χ2n) is 9.88. The van der Waals surface area contributed by atoms with Gasteiger partial charge in [0.2, 0.25) is 11.9 Å². The number of fused-ring (bicyclic) bond motifs is 1. The van der Waals surface area contributed by atoms with Gasteiger partial charge in [0.05, 0.1) is 5.52 Å². The predicted molar refractivity (Wildman–Crippen MR) is 131 cm³/mol. The summed E-state index contributed by atoms with van der Waals surface area (Å²) in [5, 5.41) is 1.26. The molecule has 5 rings (SSSR count). The molecule has 0 spiro atoms. The highest BCUT2D eigenvalue weighted by atomic mass is 16.2. The summed E-state index contributed by atoms with van der Waals surface area (Å²) in [5.74, 6) is 1.72. The molecule has 4 heterocycles. The van der Waals surface area contributed by atoms with E-state index in [0.717, 1.165) is 69.7 Å². The van der Waals surface area contributed by atoms with Crippen molar-refractivity contribution in [3.8, 4) is 0 Å². The number of aromatic nitrogens is 3. The van der Waals surface area contributed by atoms with Crippen LogP contribution in [0.15, 0.2) is 55.0 Å². The van der Waals surface area contributed by atoms with E-state index in [1.807, 2.05) is 18.3 Å². The number of nitrogens with zero attached hydrogens (tertiary/aromatic N) is 5. The highest BCUT2D eigenvalue weighted by Gasteiger charge is 2.40. The fourth-order valence-electron chi connectivity index (χ4n) is 5.48. The molecular formula is C27H33N5O. The van der Waals surface area contributed by atoms with Crippen LogP contribution in [0.3, 0.4) is 0 Å². The van der Waals surface area contributed by atoms with Crippen LogP contribution in [-0.4, -0.2) is 51.9 Å². The smallest absolute Gasteiger partial charge is 0.228 e. The largest absolute Gasteiger partial charge is 0.342 e. The molecule has 1 amide bonds. The molecule has 6 heteroatoms.